The Morgan fingerprint density at radius 2 is 0.955 bits per heavy atom. The van der Waals surface area contributed by atoms with Crippen LogP contribution in [0.25, 0.3) is 0 Å². The van der Waals surface area contributed by atoms with Gasteiger partial charge in [-0.15, -0.1) is 33.2 Å². The maximum Gasteiger partial charge on any atom is 0.344 e. The lowest BCUT2D eigenvalue weighted by atomic mass is 10.0. The smallest absolute Gasteiger partial charge is 0.126 e. The lowest BCUT2D eigenvalue weighted by Crippen LogP contribution is -2.19. The second kappa shape index (κ2) is 15.6. The van der Waals surface area contributed by atoms with Gasteiger partial charge in [0.05, 0.1) is 0 Å². The van der Waals surface area contributed by atoms with Gasteiger partial charge in [0, 0.05) is 0 Å². The van der Waals surface area contributed by atoms with Crippen LogP contribution in [0.5, 0.6) is 0 Å². The van der Waals surface area contributed by atoms with E-state index >= 15 is 0 Å². The molecule has 0 N–H and O–H groups in total. The molecule has 1 unspecified atom stereocenters. The summed E-state index contributed by atoms with van der Waals surface area (Å²) in [6.07, 6.45) is 20.2. The van der Waals surface area contributed by atoms with Gasteiger partial charge in [0.25, 0.3) is 0 Å². The van der Waals surface area contributed by atoms with Crippen LogP contribution in [-0.2, 0) is 0 Å². The monoisotopic (exact) mass is 386 g/mol. The maximum absolute atomic E-state index is 6.12. The van der Waals surface area contributed by atoms with Gasteiger partial charge in [0.2, 0.25) is 0 Å². The van der Waals surface area contributed by atoms with E-state index in [9.17, 15) is 0 Å². The molecular weight excluding hydrogens is 351 g/mol. The van der Waals surface area contributed by atoms with Crippen molar-refractivity contribution in [1.82, 2.24) is 0 Å². The van der Waals surface area contributed by atoms with Crippen LogP contribution in [0.4, 0.5) is 0 Å². The molecule has 0 nitrogen and oxygen atoms in total. The zero-order valence-electron chi connectivity index (χ0n) is 14.8. The second-order valence-corrected chi connectivity index (χ2v) is 15.7. The van der Waals surface area contributed by atoms with Gasteiger partial charge < -0.3 is 0 Å². The molecule has 0 saturated heterocycles. The van der Waals surface area contributed by atoms with Gasteiger partial charge in [-0.05, 0) is 12.0 Å². The van der Waals surface area contributed by atoms with E-state index in [1.54, 1.807) is 0 Å². The van der Waals surface area contributed by atoms with Crippen LogP contribution in [0, 0.1) is 0 Å². The van der Waals surface area contributed by atoms with Crippen LogP contribution in [-0.4, -0.2) is 6.00 Å². The fourth-order valence-corrected chi connectivity index (χ4v) is 6.37. The van der Waals surface area contributed by atoms with Crippen molar-refractivity contribution in [2.45, 2.75) is 116 Å². The van der Waals surface area contributed by atoms with E-state index < -0.39 is 6.00 Å². The van der Waals surface area contributed by atoms with Gasteiger partial charge in [-0.25, -0.2) is 0 Å². The first-order valence-corrected chi connectivity index (χ1v) is 14.7. The average molecular weight is 388 g/mol. The zero-order valence-corrected chi connectivity index (χ0v) is 18.1. The summed E-state index contributed by atoms with van der Waals surface area (Å²) in [5, 5.41) is 0. The molecule has 0 fully saturated rings. The van der Waals surface area contributed by atoms with Gasteiger partial charge in [-0.3, -0.25) is 0 Å². The molecule has 0 aromatic heterocycles. The molecule has 0 aromatic rings. The molecule has 0 aliphatic carbocycles. The van der Waals surface area contributed by atoms with E-state index in [1.807, 2.05) is 0 Å². The van der Waals surface area contributed by atoms with Crippen LogP contribution in [0.2, 0.25) is 5.54 Å². The third kappa shape index (κ3) is 14.7. The number of halogens is 3. The third-order valence-electron chi connectivity index (χ3n) is 4.61. The first-order chi connectivity index (χ1) is 10.5. The van der Waals surface area contributed by atoms with Crippen LogP contribution in [0.3, 0.4) is 0 Å². The fraction of sp³-hybridized carbons (Fsp3) is 1.00. The van der Waals surface area contributed by atoms with Crippen LogP contribution in [0.15, 0.2) is 0 Å². The second-order valence-electron chi connectivity index (χ2n) is 6.68. The summed E-state index contributed by atoms with van der Waals surface area (Å²) in [5.41, 5.74) is 0.352. The number of hydrogen-bond donors (Lipinski definition) is 0. The van der Waals surface area contributed by atoms with Crippen molar-refractivity contribution in [3.63, 3.8) is 0 Å². The largest absolute Gasteiger partial charge is 0.344 e. The number of unbranched alkanes of at least 4 members (excludes halogenated alkanes) is 12. The molecule has 0 bridgehead atoms. The molecule has 0 aliphatic heterocycles. The minimum atomic E-state index is -2.47. The van der Waals surface area contributed by atoms with Gasteiger partial charge in [0.15, 0.2) is 0 Å². The highest BCUT2D eigenvalue weighted by Gasteiger charge is 2.34. The predicted octanol–water partition coefficient (Wildman–Crippen LogP) is 8.90. The Morgan fingerprint density at radius 1 is 0.591 bits per heavy atom. The Morgan fingerprint density at radius 3 is 1.27 bits per heavy atom. The van der Waals surface area contributed by atoms with Crippen molar-refractivity contribution in [3.05, 3.63) is 0 Å². The molecule has 0 radical (unpaired) electrons. The fourth-order valence-electron chi connectivity index (χ4n) is 3.01. The molecule has 22 heavy (non-hydrogen) atoms. The Bertz CT molecular complexity index is 229. The minimum absolute atomic E-state index is 0.352. The predicted molar refractivity (Wildman–Crippen MR) is 108 cm³/mol. The molecule has 4 heteroatoms. The SMILES string of the molecule is CCCCCCCCCCCCCCCC(CC)[Si](Cl)(Cl)Cl. The minimum Gasteiger partial charge on any atom is -0.126 e. The first-order valence-electron chi connectivity index (χ1n) is 9.59. The average Bonchev–Trinajstić information content (AvgIpc) is 2.46. The van der Waals surface area contributed by atoms with E-state index in [-0.39, 0.29) is 0 Å². The highest BCUT2D eigenvalue weighted by molar-refractivity contribution is 7.65. The molecule has 0 aliphatic rings. The first kappa shape index (κ1) is 23.1. The topological polar surface area (TPSA) is 0 Å². The maximum atomic E-state index is 6.12. The van der Waals surface area contributed by atoms with Crippen molar-refractivity contribution in [2.24, 2.45) is 0 Å². The molecule has 0 aromatic carbocycles. The molecule has 0 heterocycles. The van der Waals surface area contributed by atoms with E-state index in [0.29, 0.717) is 5.54 Å². The summed E-state index contributed by atoms with van der Waals surface area (Å²) in [6.45, 7) is 4.42. The summed E-state index contributed by atoms with van der Waals surface area (Å²) in [5.74, 6) is 0. The van der Waals surface area contributed by atoms with Gasteiger partial charge >= 0.3 is 6.00 Å². The molecule has 0 saturated carbocycles. The van der Waals surface area contributed by atoms with Crippen LogP contribution in [0.1, 0.15) is 110 Å². The van der Waals surface area contributed by atoms with E-state index in [0.717, 1.165) is 12.8 Å². The van der Waals surface area contributed by atoms with E-state index in [1.165, 1.54) is 83.5 Å². The zero-order chi connectivity index (χ0) is 16.7. The van der Waals surface area contributed by atoms with E-state index in [2.05, 4.69) is 13.8 Å². The highest BCUT2D eigenvalue weighted by Crippen LogP contribution is 2.39. The quantitative estimate of drug-likeness (QED) is 0.141. The summed E-state index contributed by atoms with van der Waals surface area (Å²) < 4.78 is 0. The van der Waals surface area contributed by atoms with Crippen molar-refractivity contribution in [1.29, 1.82) is 0 Å². The highest BCUT2D eigenvalue weighted by atomic mass is 35.8. The lowest BCUT2D eigenvalue weighted by molar-refractivity contribution is 0.531. The molecule has 134 valence electrons. The summed E-state index contributed by atoms with van der Waals surface area (Å²) >= 11 is 18.4. The number of rotatable bonds is 16. The molecule has 1 atom stereocenters. The third-order valence-corrected chi connectivity index (χ3v) is 9.01. The molecule has 0 rings (SSSR count). The Balaban J connectivity index is 3.24. The van der Waals surface area contributed by atoms with E-state index in [4.69, 9.17) is 33.2 Å². The Kier molecular flexibility index (Phi) is 16.4. The summed E-state index contributed by atoms with van der Waals surface area (Å²) in [6, 6.07) is -2.47. The molecule has 0 spiro atoms. The Labute approximate surface area is 154 Å². The van der Waals surface area contributed by atoms with Crippen molar-refractivity contribution in [3.8, 4) is 0 Å². The lowest BCUT2D eigenvalue weighted by Gasteiger charge is -2.20. The summed E-state index contributed by atoms with van der Waals surface area (Å²) in [4.78, 5) is 0. The molecular formula is C18H37Cl3Si. The normalized spacial score (nSPS) is 13.5. The van der Waals surface area contributed by atoms with Crippen molar-refractivity contribution in [2.75, 3.05) is 0 Å². The van der Waals surface area contributed by atoms with Gasteiger partial charge in [-0.1, -0.05) is 104 Å². The van der Waals surface area contributed by atoms with Crippen molar-refractivity contribution >= 4 is 39.2 Å². The number of hydrogen-bond acceptors (Lipinski definition) is 0. The van der Waals surface area contributed by atoms with Gasteiger partial charge in [0.1, 0.15) is 0 Å². The van der Waals surface area contributed by atoms with Crippen molar-refractivity contribution < 1.29 is 0 Å². The Hall–Kier alpha value is 1.09. The van der Waals surface area contributed by atoms with Crippen LogP contribution < -0.4 is 0 Å². The molecule has 0 amide bonds. The summed E-state index contributed by atoms with van der Waals surface area (Å²) in [7, 11) is 0. The van der Waals surface area contributed by atoms with Crippen LogP contribution >= 0.6 is 33.2 Å². The van der Waals surface area contributed by atoms with Gasteiger partial charge in [-0.2, -0.15) is 0 Å². The standard InChI is InChI=1S/C18H37Cl3Si/c1-3-5-6-7-8-9-10-11-12-13-14-15-16-17-18(4-2)22(19,20)21/h18H,3-17H2,1-2H3.